The number of nitrogens with one attached hydrogen (secondary N) is 3. The van der Waals surface area contributed by atoms with Crippen LogP contribution >= 0.6 is 0 Å². The predicted molar refractivity (Wildman–Crippen MR) is 220 cm³/mol. The number of ether oxygens (including phenoxy) is 3. The molecule has 0 unspecified atom stereocenters. The minimum atomic E-state index is -4.25. The fourth-order valence-electron chi connectivity index (χ4n) is 9.56. The van der Waals surface area contributed by atoms with E-state index in [1.165, 1.54) is 18.9 Å². The first-order chi connectivity index (χ1) is 28.7. The average Bonchev–Trinajstić information content (AvgIpc) is 4.06. The van der Waals surface area contributed by atoms with Crippen LogP contribution in [-0.4, -0.2) is 102 Å². The lowest BCUT2D eigenvalue weighted by Gasteiger charge is -2.36. The molecule has 3 aliphatic carbocycles. The van der Waals surface area contributed by atoms with Gasteiger partial charge in [-0.3, -0.25) is 19.1 Å². The zero-order valence-corrected chi connectivity index (χ0v) is 36.9. The molecule has 1 aromatic heterocycles. The highest BCUT2D eigenvalue weighted by atomic mass is 32.2. The molecule has 1 aromatic carbocycles. The Morgan fingerprint density at radius 3 is 2.43 bits per heavy atom. The lowest BCUT2D eigenvalue weighted by atomic mass is 9.85. The average molecular weight is 875 g/mol. The molecule has 7 rings (SSSR count). The van der Waals surface area contributed by atoms with Crippen LogP contribution in [0.3, 0.4) is 0 Å². The van der Waals surface area contributed by atoms with Gasteiger partial charge in [0, 0.05) is 12.0 Å². The molecule has 2 aromatic rings. The molecule has 0 radical (unpaired) electrons. The van der Waals surface area contributed by atoms with Crippen LogP contribution in [0.5, 0.6) is 11.6 Å². The second-order valence-corrected chi connectivity index (χ2v) is 21.4. The standard InChI is InChI=1S/C43H60F2N6O9S/c1-8-24-14-17-31-26(24)12-10-9-11-13-29-37(47-30-20-25(58-7)15-16-28(30)46-29)59-32-22-51(38(53)34(41(3,4)5)48-40(55)60-31)33(23(32)2)36(52)49-43(21-27(43)35(44)45)39(54)50-61(56,57)42(6)18-19-42/h15-16,20,23-24,26-27,31-35H,8-14,17-19,21-22H2,1-7H3,(H,48,55)(H,49,52)(H,50,54)/t23-,24+,26-,27+,31-,32+,33+,34-,43-/m1/s1. The monoisotopic (exact) mass is 874 g/mol. The van der Waals surface area contributed by atoms with Gasteiger partial charge in [-0.15, -0.1) is 0 Å². The number of fused-ring (bicyclic) bond motifs is 5. The van der Waals surface area contributed by atoms with Gasteiger partial charge in [0.05, 0.1) is 35.4 Å². The molecule has 9 atom stereocenters. The fraction of sp³-hybridized carbons (Fsp3) is 0.721. The van der Waals surface area contributed by atoms with E-state index in [-0.39, 0.29) is 24.4 Å². The quantitative estimate of drug-likeness (QED) is 0.306. The normalized spacial score (nSPS) is 31.7. The van der Waals surface area contributed by atoms with E-state index in [1.54, 1.807) is 39.8 Å². The minimum absolute atomic E-state index is 0.146. The van der Waals surface area contributed by atoms with Crippen LogP contribution in [0.15, 0.2) is 18.2 Å². The van der Waals surface area contributed by atoms with E-state index in [1.807, 2.05) is 10.8 Å². The van der Waals surface area contributed by atoms with Gasteiger partial charge < -0.3 is 29.7 Å². The first kappa shape index (κ1) is 44.7. The number of hydrogen-bond acceptors (Lipinski definition) is 11. The Labute approximate surface area is 356 Å². The number of nitrogens with zero attached hydrogens (tertiary/aromatic N) is 3. The maximum Gasteiger partial charge on any atom is 0.408 e. The molecule has 3 N–H and O–H groups in total. The van der Waals surface area contributed by atoms with Gasteiger partial charge in [0.2, 0.25) is 34.1 Å². The number of amides is 4. The summed E-state index contributed by atoms with van der Waals surface area (Å²) in [6.07, 6.45) is 1.49. The molecule has 4 amide bonds. The third kappa shape index (κ3) is 8.83. The van der Waals surface area contributed by atoms with Crippen LogP contribution in [0.25, 0.3) is 11.0 Å². The molecule has 4 fully saturated rings. The Morgan fingerprint density at radius 2 is 1.79 bits per heavy atom. The van der Waals surface area contributed by atoms with Gasteiger partial charge in [-0.1, -0.05) is 53.9 Å². The summed E-state index contributed by atoms with van der Waals surface area (Å²) in [5.41, 5.74) is -1.46. The van der Waals surface area contributed by atoms with Crippen LogP contribution in [0.4, 0.5) is 13.6 Å². The second kappa shape index (κ2) is 16.7. The highest BCUT2D eigenvalue weighted by molar-refractivity contribution is 7.91. The van der Waals surface area contributed by atoms with Crippen LogP contribution in [0.2, 0.25) is 0 Å². The number of methoxy groups -OCH3 is 1. The van der Waals surface area contributed by atoms with E-state index in [2.05, 4.69) is 17.6 Å². The van der Waals surface area contributed by atoms with Crippen LogP contribution in [0, 0.1) is 29.1 Å². The van der Waals surface area contributed by atoms with Crippen molar-refractivity contribution in [3.8, 4) is 11.6 Å². The topological polar surface area (TPSA) is 195 Å². The van der Waals surface area contributed by atoms with E-state index >= 15 is 0 Å². The number of alkyl halides is 2. The van der Waals surface area contributed by atoms with E-state index in [0.29, 0.717) is 54.1 Å². The SMILES string of the molecule is CC[C@H]1CC[C@H]2OC(=O)N[C@@H](C(C)(C)C)C(=O)N3C[C@H](Oc4nc5cc(OC)ccc5nc4CCCCC[C@H]12)[C@@H](C)[C@H]3C(=O)N[C@]1(C(=O)NS(=O)(=O)C2(C)CC2)C[C@H]1C(F)F. The summed E-state index contributed by atoms with van der Waals surface area (Å²) in [5, 5.41) is 5.32. The van der Waals surface area contributed by atoms with Crippen molar-refractivity contribution in [1.29, 1.82) is 0 Å². The lowest BCUT2D eigenvalue weighted by Crippen LogP contribution is -2.61. The molecule has 336 valence electrons. The van der Waals surface area contributed by atoms with Gasteiger partial charge in [-0.05, 0) is 87.7 Å². The number of aryl methyl sites for hydroxylation is 1. The van der Waals surface area contributed by atoms with Crippen molar-refractivity contribution in [3.05, 3.63) is 23.9 Å². The molecule has 18 heteroatoms. The van der Waals surface area contributed by atoms with Crippen molar-refractivity contribution in [2.45, 2.75) is 153 Å². The number of carbonyl (C=O) groups excluding carboxylic acids is 4. The number of benzene rings is 1. The molecule has 2 aliphatic heterocycles. The van der Waals surface area contributed by atoms with Crippen LogP contribution < -0.4 is 24.8 Å². The Hall–Kier alpha value is -4.35. The van der Waals surface area contributed by atoms with Crippen LogP contribution in [0.1, 0.15) is 111 Å². The Morgan fingerprint density at radius 1 is 1.05 bits per heavy atom. The Balaban J connectivity index is 1.26. The molecule has 3 saturated carbocycles. The zero-order chi connectivity index (χ0) is 44.2. The number of alkyl carbamates (subject to hydrolysis) is 1. The first-order valence-electron chi connectivity index (χ1n) is 21.7. The van der Waals surface area contributed by atoms with Crippen molar-refractivity contribution in [3.63, 3.8) is 0 Å². The van der Waals surface area contributed by atoms with Crippen molar-refractivity contribution in [2.75, 3.05) is 13.7 Å². The van der Waals surface area contributed by atoms with Gasteiger partial charge in [0.15, 0.2) is 0 Å². The number of halogens is 2. The summed E-state index contributed by atoms with van der Waals surface area (Å²) in [6, 6.07) is 2.70. The van der Waals surface area contributed by atoms with Crippen molar-refractivity contribution >= 4 is 44.9 Å². The van der Waals surface area contributed by atoms with E-state index in [4.69, 9.17) is 24.2 Å². The van der Waals surface area contributed by atoms with Gasteiger partial charge in [0.1, 0.15) is 41.3 Å². The molecule has 15 nitrogen and oxygen atoms in total. The lowest BCUT2D eigenvalue weighted by molar-refractivity contribution is -0.143. The molecular weight excluding hydrogens is 815 g/mol. The summed E-state index contributed by atoms with van der Waals surface area (Å²) in [7, 11) is -2.71. The number of rotatable bonds is 8. The summed E-state index contributed by atoms with van der Waals surface area (Å²) in [5.74, 6) is -4.08. The number of sulfonamides is 1. The Bertz CT molecular complexity index is 2150. The van der Waals surface area contributed by atoms with Crippen LogP contribution in [-0.2, 0) is 35.6 Å². The zero-order valence-electron chi connectivity index (χ0n) is 36.1. The van der Waals surface area contributed by atoms with Gasteiger partial charge in [-0.2, -0.15) is 0 Å². The second-order valence-electron chi connectivity index (χ2n) is 19.2. The van der Waals surface area contributed by atoms with E-state index < -0.39 is 92.4 Å². The molecule has 1 saturated heterocycles. The summed E-state index contributed by atoms with van der Waals surface area (Å²) >= 11 is 0. The van der Waals surface area contributed by atoms with Gasteiger partial charge in [0.25, 0.3) is 5.91 Å². The third-order valence-electron chi connectivity index (χ3n) is 13.9. The molecule has 3 heterocycles. The van der Waals surface area contributed by atoms with Gasteiger partial charge in [-0.25, -0.2) is 32.0 Å². The minimum Gasteiger partial charge on any atom is -0.497 e. The number of carbonyl (C=O) groups is 4. The highest BCUT2D eigenvalue weighted by Gasteiger charge is 2.67. The maximum absolute atomic E-state index is 15.0. The number of aromatic nitrogens is 2. The highest BCUT2D eigenvalue weighted by Crippen LogP contribution is 2.50. The maximum atomic E-state index is 15.0. The largest absolute Gasteiger partial charge is 0.497 e. The van der Waals surface area contributed by atoms with Crippen molar-refractivity contribution < 1.29 is 50.6 Å². The third-order valence-corrected chi connectivity index (χ3v) is 16.1. The molecular formula is C43H60F2N6O9S. The predicted octanol–water partition coefficient (Wildman–Crippen LogP) is 5.43. The summed E-state index contributed by atoms with van der Waals surface area (Å²) in [4.78, 5) is 68.1. The number of hydrogen-bond donors (Lipinski definition) is 3. The Kier molecular flexibility index (Phi) is 12.3. The van der Waals surface area contributed by atoms with E-state index in [9.17, 15) is 36.4 Å². The molecule has 2 bridgehead atoms. The first-order valence-corrected chi connectivity index (χ1v) is 23.2. The molecule has 61 heavy (non-hydrogen) atoms. The summed E-state index contributed by atoms with van der Waals surface area (Å²) < 4.78 is 73.9. The van der Waals surface area contributed by atoms with Crippen molar-refractivity contribution in [1.82, 2.24) is 30.2 Å². The van der Waals surface area contributed by atoms with E-state index in [0.717, 1.165) is 38.5 Å². The smallest absolute Gasteiger partial charge is 0.408 e. The van der Waals surface area contributed by atoms with Crippen molar-refractivity contribution in [2.24, 2.45) is 29.1 Å². The molecule has 5 aliphatic rings. The fourth-order valence-corrected chi connectivity index (χ4v) is 10.9. The van der Waals surface area contributed by atoms with Gasteiger partial charge >= 0.3 is 6.09 Å². The molecule has 0 spiro atoms. The summed E-state index contributed by atoms with van der Waals surface area (Å²) in [6.45, 7) is 10.4.